The van der Waals surface area contributed by atoms with E-state index in [1.54, 1.807) is 11.1 Å². The third-order valence-corrected chi connectivity index (χ3v) is 9.28. The van der Waals surface area contributed by atoms with Crippen LogP contribution in [0.4, 0.5) is 10.2 Å². The van der Waals surface area contributed by atoms with Crippen molar-refractivity contribution in [1.29, 1.82) is 0 Å². The van der Waals surface area contributed by atoms with Gasteiger partial charge >= 0.3 is 0 Å². The van der Waals surface area contributed by atoms with E-state index in [2.05, 4.69) is 19.8 Å². The molecule has 3 atom stereocenters. The number of likely N-dealkylation sites (tertiary alicyclic amines) is 1. The zero-order chi connectivity index (χ0) is 29.3. The molecular weight excluding hydrogens is 575 g/mol. The van der Waals surface area contributed by atoms with Crippen molar-refractivity contribution in [2.75, 3.05) is 57.4 Å². The van der Waals surface area contributed by atoms with Crippen molar-refractivity contribution >= 4 is 24.1 Å². The number of piperidine rings is 1. The van der Waals surface area contributed by atoms with E-state index in [0.717, 1.165) is 64.8 Å². The lowest BCUT2D eigenvalue weighted by molar-refractivity contribution is -0.0277. The summed E-state index contributed by atoms with van der Waals surface area (Å²) in [6, 6.07) is 4.13. The smallest absolute Gasteiger partial charge is 0.258 e. The van der Waals surface area contributed by atoms with Crippen LogP contribution in [0.15, 0.2) is 30.7 Å². The highest BCUT2D eigenvalue weighted by molar-refractivity contribution is 5.97. The fraction of sp³-hybridized carbons (Fsp3) is 0.645. The molecule has 0 bridgehead atoms. The molecule has 0 saturated carbocycles. The Hall–Kier alpha value is -2.57. The summed E-state index contributed by atoms with van der Waals surface area (Å²) in [6.07, 6.45) is 8.52. The molecule has 10 nitrogen and oxygen atoms in total. The SMILES string of the molecule is CC(C)N(C(=O)c1cc(F)ccc1Oc1cncnc1N1CC2(CCN(C[C@H]3CC[C@H](N)CO3)CC2)C1)[C@@H]1CCOC1.Cl. The van der Waals surface area contributed by atoms with E-state index in [9.17, 15) is 9.18 Å². The van der Waals surface area contributed by atoms with Crippen molar-refractivity contribution in [3.05, 3.63) is 42.1 Å². The molecule has 1 aromatic heterocycles. The maximum atomic E-state index is 14.4. The summed E-state index contributed by atoms with van der Waals surface area (Å²) >= 11 is 0. The summed E-state index contributed by atoms with van der Waals surface area (Å²) < 4.78 is 32.2. The van der Waals surface area contributed by atoms with Gasteiger partial charge in [-0.1, -0.05) is 0 Å². The molecule has 5 heterocycles. The first-order chi connectivity index (χ1) is 20.3. The molecule has 43 heavy (non-hydrogen) atoms. The Morgan fingerprint density at radius 3 is 2.65 bits per heavy atom. The highest BCUT2D eigenvalue weighted by atomic mass is 35.5. The number of carbonyl (C=O) groups excluding carboxylic acids is 1. The van der Waals surface area contributed by atoms with Gasteiger partial charge in [0.25, 0.3) is 5.91 Å². The summed E-state index contributed by atoms with van der Waals surface area (Å²) in [7, 11) is 0. The van der Waals surface area contributed by atoms with Crippen LogP contribution in [0.2, 0.25) is 0 Å². The number of benzene rings is 1. The summed E-state index contributed by atoms with van der Waals surface area (Å²) in [4.78, 5) is 29.0. The molecule has 2 N–H and O–H groups in total. The number of ether oxygens (including phenoxy) is 3. The van der Waals surface area contributed by atoms with Gasteiger partial charge in [-0.2, -0.15) is 0 Å². The number of hydrogen-bond acceptors (Lipinski definition) is 9. The fourth-order valence-electron chi connectivity index (χ4n) is 6.90. The van der Waals surface area contributed by atoms with Gasteiger partial charge in [-0.3, -0.25) is 4.79 Å². The van der Waals surface area contributed by atoms with Crippen LogP contribution in [-0.4, -0.2) is 102 Å². The lowest BCUT2D eigenvalue weighted by Crippen LogP contribution is -2.61. The fourth-order valence-corrected chi connectivity index (χ4v) is 6.90. The number of amides is 1. The highest BCUT2D eigenvalue weighted by Crippen LogP contribution is 2.45. The molecular formula is C31H44ClFN6O4. The zero-order valence-corrected chi connectivity index (χ0v) is 25.9. The predicted octanol–water partition coefficient (Wildman–Crippen LogP) is 3.88. The first kappa shape index (κ1) is 31.8. The Bertz CT molecular complexity index is 1240. The van der Waals surface area contributed by atoms with Gasteiger partial charge < -0.3 is 34.6 Å². The molecule has 236 valence electrons. The summed E-state index contributed by atoms with van der Waals surface area (Å²) in [6.45, 7) is 10.6. The number of nitrogens with two attached hydrogens (primary N) is 1. The Morgan fingerprint density at radius 2 is 1.98 bits per heavy atom. The first-order valence-corrected chi connectivity index (χ1v) is 15.3. The lowest BCUT2D eigenvalue weighted by Gasteiger charge is -2.54. The molecule has 4 fully saturated rings. The average Bonchev–Trinajstić information content (AvgIpc) is 3.49. The Balaban J connectivity index is 0.00000368. The molecule has 4 aliphatic rings. The van der Waals surface area contributed by atoms with Crippen LogP contribution >= 0.6 is 12.4 Å². The van der Waals surface area contributed by atoms with E-state index in [1.807, 2.05) is 13.8 Å². The molecule has 2 aromatic rings. The van der Waals surface area contributed by atoms with Crippen LogP contribution in [0.5, 0.6) is 11.5 Å². The number of rotatable bonds is 8. The van der Waals surface area contributed by atoms with Crippen molar-refractivity contribution in [3.63, 3.8) is 0 Å². The Morgan fingerprint density at radius 1 is 1.19 bits per heavy atom. The second kappa shape index (κ2) is 13.6. The maximum Gasteiger partial charge on any atom is 0.258 e. The minimum absolute atomic E-state index is 0. The number of carbonyl (C=O) groups is 1. The van der Waals surface area contributed by atoms with E-state index in [-0.39, 0.29) is 53.2 Å². The summed E-state index contributed by atoms with van der Waals surface area (Å²) in [5.41, 5.74) is 6.42. The molecule has 4 aliphatic heterocycles. The molecule has 12 heteroatoms. The van der Waals surface area contributed by atoms with Gasteiger partial charge in [0.15, 0.2) is 11.6 Å². The van der Waals surface area contributed by atoms with Gasteiger partial charge in [0.2, 0.25) is 0 Å². The van der Waals surface area contributed by atoms with Gasteiger partial charge in [0.05, 0.1) is 37.1 Å². The first-order valence-electron chi connectivity index (χ1n) is 15.3. The standard InChI is InChI=1S/C31H43FN6O4.ClH/c1-21(2)38(24-7-12-40-17-24)30(39)26-13-22(32)3-6-27(26)42-28-14-34-20-35-29(28)37-18-31(19-37)8-10-36(11-9-31)15-25-5-4-23(33)16-41-25;/h3,6,13-14,20-21,23-25H,4-5,7-12,15-19,33H2,1-2H3;1H/t23-,24+,25+;/m0./s1. The summed E-state index contributed by atoms with van der Waals surface area (Å²) in [5, 5.41) is 0. The van der Waals surface area contributed by atoms with E-state index in [4.69, 9.17) is 19.9 Å². The van der Waals surface area contributed by atoms with E-state index in [0.29, 0.717) is 37.5 Å². The maximum absolute atomic E-state index is 14.4. The number of halogens is 2. The minimum Gasteiger partial charge on any atom is -0.451 e. The van der Waals surface area contributed by atoms with E-state index in [1.165, 1.54) is 24.5 Å². The molecule has 0 aliphatic carbocycles. The molecule has 4 saturated heterocycles. The quantitative estimate of drug-likeness (QED) is 0.472. The summed E-state index contributed by atoms with van der Waals surface area (Å²) in [5.74, 6) is 0.674. The van der Waals surface area contributed by atoms with Crippen LogP contribution in [0.1, 0.15) is 56.3 Å². The van der Waals surface area contributed by atoms with Crippen molar-refractivity contribution in [1.82, 2.24) is 19.8 Å². The molecule has 1 spiro atoms. The normalized spacial score (nSPS) is 25.3. The number of anilines is 1. The van der Waals surface area contributed by atoms with Gasteiger partial charge in [-0.15, -0.1) is 12.4 Å². The second-order valence-corrected chi connectivity index (χ2v) is 12.7. The Kier molecular flexibility index (Phi) is 10.1. The number of nitrogens with zero attached hydrogens (tertiary/aromatic N) is 5. The van der Waals surface area contributed by atoms with Gasteiger partial charge in [-0.25, -0.2) is 14.4 Å². The van der Waals surface area contributed by atoms with Crippen molar-refractivity contribution in [2.24, 2.45) is 11.1 Å². The van der Waals surface area contributed by atoms with Crippen molar-refractivity contribution < 1.29 is 23.4 Å². The second-order valence-electron chi connectivity index (χ2n) is 12.7. The Labute approximate surface area is 259 Å². The predicted molar refractivity (Wildman–Crippen MR) is 164 cm³/mol. The molecule has 1 amide bonds. The number of aromatic nitrogens is 2. The molecule has 0 unspecified atom stereocenters. The van der Waals surface area contributed by atoms with Crippen LogP contribution < -0.4 is 15.4 Å². The largest absolute Gasteiger partial charge is 0.451 e. The van der Waals surface area contributed by atoms with Crippen LogP contribution in [0, 0.1) is 11.2 Å². The third kappa shape index (κ3) is 7.06. The average molecular weight is 619 g/mol. The minimum atomic E-state index is -0.490. The van der Waals surface area contributed by atoms with Crippen LogP contribution in [0.25, 0.3) is 0 Å². The van der Waals surface area contributed by atoms with E-state index < -0.39 is 5.82 Å². The number of hydrogen-bond donors (Lipinski definition) is 1. The van der Waals surface area contributed by atoms with Crippen molar-refractivity contribution in [2.45, 2.75) is 70.2 Å². The van der Waals surface area contributed by atoms with Gasteiger partial charge in [0, 0.05) is 43.7 Å². The third-order valence-electron chi connectivity index (χ3n) is 9.28. The van der Waals surface area contributed by atoms with E-state index >= 15 is 0 Å². The van der Waals surface area contributed by atoms with Gasteiger partial charge in [0.1, 0.15) is 17.9 Å². The van der Waals surface area contributed by atoms with Gasteiger partial charge in [-0.05, 0) is 77.2 Å². The zero-order valence-electron chi connectivity index (χ0n) is 25.1. The molecule has 0 radical (unpaired) electrons. The monoisotopic (exact) mass is 618 g/mol. The van der Waals surface area contributed by atoms with Crippen molar-refractivity contribution in [3.8, 4) is 11.5 Å². The van der Waals surface area contributed by atoms with Crippen LogP contribution in [-0.2, 0) is 9.47 Å². The molecule has 1 aromatic carbocycles. The lowest BCUT2D eigenvalue weighted by atomic mass is 9.72. The van der Waals surface area contributed by atoms with Crippen LogP contribution in [0.3, 0.4) is 0 Å². The molecule has 6 rings (SSSR count). The topological polar surface area (TPSA) is 106 Å². The highest BCUT2D eigenvalue weighted by Gasteiger charge is 2.46.